The smallest absolute Gasteiger partial charge is 0.200 e. The first-order valence-corrected chi connectivity index (χ1v) is 10.4. The number of nitrogens with two attached hydrogens (primary N) is 1. The van der Waals surface area contributed by atoms with Crippen molar-refractivity contribution in [1.29, 1.82) is 0 Å². The van der Waals surface area contributed by atoms with E-state index >= 15 is 0 Å². The molecule has 0 saturated heterocycles. The van der Waals surface area contributed by atoms with E-state index < -0.39 is 0 Å². The molecule has 0 fully saturated rings. The minimum Gasteiger partial charge on any atom is -0.369 e. The summed E-state index contributed by atoms with van der Waals surface area (Å²) in [5.41, 5.74) is 10.7. The highest BCUT2D eigenvalue weighted by atomic mass is 35.5. The van der Waals surface area contributed by atoms with Crippen molar-refractivity contribution in [2.45, 2.75) is 6.54 Å². The van der Waals surface area contributed by atoms with Gasteiger partial charge in [-0.25, -0.2) is 9.30 Å². The lowest BCUT2D eigenvalue weighted by atomic mass is 9.98. The van der Waals surface area contributed by atoms with Gasteiger partial charge in [-0.1, -0.05) is 47.5 Å². The third-order valence-electron chi connectivity index (χ3n) is 3.98. The van der Waals surface area contributed by atoms with Gasteiger partial charge in [0.1, 0.15) is 0 Å². The van der Waals surface area contributed by atoms with Gasteiger partial charge in [0.2, 0.25) is 0 Å². The number of guanidine groups is 1. The van der Waals surface area contributed by atoms with Gasteiger partial charge in [-0.3, -0.25) is 9.71 Å². The molecule has 0 aliphatic carbocycles. The van der Waals surface area contributed by atoms with Crippen LogP contribution in [0.1, 0.15) is 5.56 Å². The normalized spacial score (nSPS) is 11.7. The highest BCUT2D eigenvalue weighted by molar-refractivity contribution is 7.95. The number of nitrogens with one attached hydrogen (secondary N) is 1. The quantitative estimate of drug-likeness (QED) is 0.308. The van der Waals surface area contributed by atoms with Gasteiger partial charge >= 0.3 is 0 Å². The lowest BCUT2D eigenvalue weighted by molar-refractivity contribution is 0.700. The van der Waals surface area contributed by atoms with Gasteiger partial charge in [-0.05, 0) is 55.6 Å². The predicted molar refractivity (Wildman–Crippen MR) is 125 cm³/mol. The third kappa shape index (κ3) is 6.11. The van der Waals surface area contributed by atoms with Gasteiger partial charge in [-0.15, -0.1) is 0 Å². The monoisotopic (exact) mass is 445 g/mol. The molecule has 0 atom stereocenters. The zero-order valence-corrected chi connectivity index (χ0v) is 18.4. The van der Waals surface area contributed by atoms with Crippen molar-refractivity contribution in [2.75, 3.05) is 14.1 Å². The van der Waals surface area contributed by atoms with E-state index in [1.54, 1.807) is 0 Å². The molecule has 3 rings (SSSR count). The Morgan fingerprint density at radius 3 is 2.21 bits per heavy atom. The zero-order chi connectivity index (χ0) is 20.8. The van der Waals surface area contributed by atoms with Gasteiger partial charge in [0.25, 0.3) is 0 Å². The summed E-state index contributed by atoms with van der Waals surface area (Å²) >= 11 is 13.5. The molecule has 0 aliphatic heterocycles. The van der Waals surface area contributed by atoms with Gasteiger partial charge in [0.15, 0.2) is 5.96 Å². The molecule has 5 nitrogen and oxygen atoms in total. The first kappa shape index (κ1) is 21.5. The Bertz CT molecular complexity index is 989. The summed E-state index contributed by atoms with van der Waals surface area (Å²) in [6, 6.07) is 17.4. The lowest BCUT2D eigenvalue weighted by Crippen LogP contribution is -2.28. The second kappa shape index (κ2) is 9.98. The van der Waals surface area contributed by atoms with E-state index in [0.29, 0.717) is 22.5 Å². The molecular formula is C21H21Cl2N5S. The zero-order valence-electron chi connectivity index (χ0n) is 16.1. The summed E-state index contributed by atoms with van der Waals surface area (Å²) in [7, 11) is 3.84. The minimum absolute atomic E-state index is 0.360. The summed E-state index contributed by atoms with van der Waals surface area (Å²) < 4.78 is 4.86. The maximum Gasteiger partial charge on any atom is 0.200 e. The van der Waals surface area contributed by atoms with Crippen molar-refractivity contribution in [3.8, 4) is 22.4 Å². The number of halogens is 2. The molecule has 2 aromatic carbocycles. The van der Waals surface area contributed by atoms with Crippen LogP contribution in [0.25, 0.3) is 22.4 Å². The van der Waals surface area contributed by atoms with Crippen molar-refractivity contribution >= 4 is 41.3 Å². The molecule has 8 heteroatoms. The fourth-order valence-corrected chi connectivity index (χ4v) is 3.22. The summed E-state index contributed by atoms with van der Waals surface area (Å²) in [5.74, 6) is 0.360. The first-order chi connectivity index (χ1) is 13.9. The Morgan fingerprint density at radius 1 is 1.03 bits per heavy atom. The lowest BCUT2D eigenvalue weighted by Gasteiger charge is -2.12. The Morgan fingerprint density at radius 2 is 1.62 bits per heavy atom. The van der Waals surface area contributed by atoms with Crippen molar-refractivity contribution in [3.63, 3.8) is 0 Å². The van der Waals surface area contributed by atoms with Gasteiger partial charge in [0.05, 0.1) is 12.2 Å². The average Bonchev–Trinajstić information content (AvgIpc) is 2.72. The highest BCUT2D eigenvalue weighted by Crippen LogP contribution is 2.32. The molecule has 1 aromatic heterocycles. The summed E-state index contributed by atoms with van der Waals surface area (Å²) in [6.07, 6.45) is 1.82. The number of hydrogen-bond acceptors (Lipinski definition) is 4. The maximum atomic E-state index is 6.07. The Hall–Kier alpha value is -2.25. The molecule has 0 spiro atoms. The molecule has 0 saturated carbocycles. The van der Waals surface area contributed by atoms with Gasteiger partial charge in [0, 0.05) is 39.5 Å². The van der Waals surface area contributed by atoms with Crippen LogP contribution in [0.2, 0.25) is 10.0 Å². The molecule has 0 radical (unpaired) electrons. The van der Waals surface area contributed by atoms with Crippen molar-refractivity contribution < 1.29 is 0 Å². The SMILES string of the molecule is CN(C)SNC(N)=NCc1cnc(-c2ccc(Cl)cc2)c(-c2ccc(Cl)cc2)c1. The van der Waals surface area contributed by atoms with Crippen LogP contribution in [-0.2, 0) is 6.54 Å². The van der Waals surface area contributed by atoms with Crippen LogP contribution in [0.15, 0.2) is 65.8 Å². The number of pyridine rings is 1. The van der Waals surface area contributed by atoms with Crippen LogP contribution in [0.5, 0.6) is 0 Å². The standard InChI is InChI=1S/C21H21Cl2N5S/c1-28(2)29-27-21(24)26-13-14-11-19(15-3-7-17(22)8-4-15)20(25-12-14)16-5-9-18(23)10-6-16/h3-12H,13H2,1-2H3,(H3,24,26,27). The molecule has 3 N–H and O–H groups in total. The number of aromatic nitrogens is 1. The molecule has 150 valence electrons. The molecule has 0 aliphatic rings. The molecule has 3 aromatic rings. The molecule has 1 heterocycles. The number of rotatable bonds is 6. The first-order valence-electron chi connectivity index (χ1n) is 8.83. The van der Waals surface area contributed by atoms with Crippen LogP contribution >= 0.6 is 35.3 Å². The van der Waals surface area contributed by atoms with E-state index in [-0.39, 0.29) is 0 Å². The van der Waals surface area contributed by atoms with Crippen LogP contribution in [0.4, 0.5) is 0 Å². The van der Waals surface area contributed by atoms with Crippen LogP contribution in [0.3, 0.4) is 0 Å². The second-order valence-electron chi connectivity index (χ2n) is 6.46. The van der Waals surface area contributed by atoms with E-state index in [2.05, 4.69) is 15.8 Å². The van der Waals surface area contributed by atoms with Crippen LogP contribution < -0.4 is 10.5 Å². The summed E-state index contributed by atoms with van der Waals surface area (Å²) in [5, 5.41) is 1.37. The Kier molecular flexibility index (Phi) is 7.39. The fraction of sp³-hybridized carbons (Fsp3) is 0.143. The molecular weight excluding hydrogens is 425 g/mol. The van der Waals surface area contributed by atoms with E-state index in [1.807, 2.05) is 73.1 Å². The van der Waals surface area contributed by atoms with Gasteiger partial charge in [-0.2, -0.15) is 0 Å². The molecule has 29 heavy (non-hydrogen) atoms. The van der Waals surface area contributed by atoms with Gasteiger partial charge < -0.3 is 5.73 Å². The fourth-order valence-electron chi connectivity index (χ4n) is 2.63. The van der Waals surface area contributed by atoms with Crippen LogP contribution in [-0.4, -0.2) is 29.3 Å². The van der Waals surface area contributed by atoms with E-state index in [4.69, 9.17) is 33.9 Å². The number of aliphatic imine (C=N–C) groups is 1. The summed E-state index contributed by atoms with van der Waals surface area (Å²) in [4.78, 5) is 9.10. The van der Waals surface area contributed by atoms with Crippen LogP contribution in [0, 0.1) is 0 Å². The third-order valence-corrected chi connectivity index (χ3v) is 5.15. The largest absolute Gasteiger partial charge is 0.369 e. The van der Waals surface area contributed by atoms with E-state index in [9.17, 15) is 0 Å². The predicted octanol–water partition coefficient (Wildman–Crippen LogP) is 5.25. The van der Waals surface area contributed by atoms with Crippen molar-refractivity contribution in [1.82, 2.24) is 14.0 Å². The topological polar surface area (TPSA) is 66.5 Å². The number of hydrogen-bond donors (Lipinski definition) is 2. The number of nitrogens with zero attached hydrogens (tertiary/aromatic N) is 3. The average molecular weight is 446 g/mol. The molecule has 0 bridgehead atoms. The highest BCUT2D eigenvalue weighted by Gasteiger charge is 2.11. The Labute approximate surface area is 185 Å². The van der Waals surface area contributed by atoms with Crippen molar-refractivity contribution in [2.24, 2.45) is 10.7 Å². The second-order valence-corrected chi connectivity index (χ2v) is 8.45. The molecule has 0 unspecified atom stereocenters. The van der Waals surface area contributed by atoms with E-state index in [1.165, 1.54) is 12.1 Å². The minimum atomic E-state index is 0.360. The maximum absolute atomic E-state index is 6.07. The molecule has 0 amide bonds. The Balaban J connectivity index is 1.94. The van der Waals surface area contributed by atoms with E-state index in [0.717, 1.165) is 27.9 Å². The van der Waals surface area contributed by atoms with Crippen molar-refractivity contribution in [3.05, 3.63) is 76.4 Å². The summed E-state index contributed by atoms with van der Waals surface area (Å²) in [6.45, 7) is 0.418. The number of benzene rings is 2.